The number of quaternary nitrogens is 1. The Morgan fingerprint density at radius 3 is 1.58 bits per heavy atom. The third-order valence-corrected chi connectivity index (χ3v) is 10.4. The first-order valence-corrected chi connectivity index (χ1v) is 23.8. The van der Waals surface area contributed by atoms with Gasteiger partial charge in [0.15, 0.2) is 0 Å². The van der Waals surface area contributed by atoms with Crippen LogP contribution in [-0.4, -0.2) is 70.7 Å². The van der Waals surface area contributed by atoms with E-state index in [2.05, 4.69) is 62.5 Å². The van der Waals surface area contributed by atoms with E-state index in [9.17, 15) is 14.3 Å². The summed E-state index contributed by atoms with van der Waals surface area (Å²) in [6.07, 6.45) is 47.1. The van der Waals surface area contributed by atoms with E-state index in [-0.39, 0.29) is 25.8 Å². The number of allylic oxidation sites excluding steroid dienone is 8. The number of phosphoric acid groups is 1. The SMILES string of the molecule is CC/C=C\C/C=C\C/C=C\C/C=C\CCCCCCCCCCCCCOCC(COP(=O)([O-])OCC[N+](C)(C)C)OC(=O)CCCCCCCCCCC. The van der Waals surface area contributed by atoms with Crippen LogP contribution >= 0.6 is 7.82 Å². The molecule has 0 saturated heterocycles. The number of ether oxygens (including phenoxy) is 2. The Labute approximate surface area is 339 Å². The molecule has 9 heteroatoms. The zero-order valence-corrected chi connectivity index (χ0v) is 37.3. The number of carbonyl (C=O) groups excluding carboxylic acids is 1. The van der Waals surface area contributed by atoms with Crippen molar-refractivity contribution in [2.24, 2.45) is 0 Å². The fourth-order valence-corrected chi connectivity index (χ4v) is 6.68. The summed E-state index contributed by atoms with van der Waals surface area (Å²) in [7, 11) is 1.35. The second-order valence-corrected chi connectivity index (χ2v) is 17.4. The second-order valence-electron chi connectivity index (χ2n) is 16.0. The Bertz CT molecular complexity index is 1020. The summed E-state index contributed by atoms with van der Waals surface area (Å²) in [5.41, 5.74) is 0. The minimum absolute atomic E-state index is 0.0254. The molecule has 55 heavy (non-hydrogen) atoms. The Morgan fingerprint density at radius 2 is 1.05 bits per heavy atom. The first kappa shape index (κ1) is 53.5. The number of likely N-dealkylation sites (N-methyl/N-ethyl adjacent to an activating group) is 1. The molecule has 0 amide bonds. The zero-order valence-electron chi connectivity index (χ0n) is 36.4. The monoisotopic (exact) mass is 796 g/mol. The minimum Gasteiger partial charge on any atom is -0.756 e. The molecule has 0 aliphatic rings. The molecule has 0 aromatic rings. The average Bonchev–Trinajstić information content (AvgIpc) is 3.13. The van der Waals surface area contributed by atoms with Gasteiger partial charge in [-0.05, 0) is 51.4 Å². The Kier molecular flexibility index (Phi) is 38.2. The van der Waals surface area contributed by atoms with Crippen molar-refractivity contribution in [2.75, 3.05) is 54.1 Å². The molecule has 0 bridgehead atoms. The molecule has 0 N–H and O–H groups in total. The predicted octanol–water partition coefficient (Wildman–Crippen LogP) is 12.5. The van der Waals surface area contributed by atoms with Crippen molar-refractivity contribution in [3.05, 3.63) is 48.6 Å². The summed E-state index contributed by atoms with van der Waals surface area (Å²) in [6, 6.07) is 0. The maximum atomic E-state index is 12.6. The Hall–Kier alpha value is -1.54. The van der Waals surface area contributed by atoms with E-state index in [0.29, 0.717) is 24.1 Å². The number of phosphoric ester groups is 1. The van der Waals surface area contributed by atoms with E-state index in [1.54, 1.807) is 0 Å². The minimum atomic E-state index is -4.52. The van der Waals surface area contributed by atoms with Crippen LogP contribution in [0.1, 0.15) is 181 Å². The molecule has 0 fully saturated rings. The molecule has 0 saturated carbocycles. The standard InChI is InChI=1S/C46H86NO7P/c1-6-8-10-12-14-16-17-18-19-20-21-22-23-24-25-26-27-28-29-30-32-34-36-38-41-51-43-45(44-53-55(49,50)52-42-40-47(3,4)5)54-46(48)39-37-35-33-31-15-13-11-9-7-2/h8,10,14,16,18-19,21-22,45H,6-7,9,11-13,15,17,20,23-44H2,1-5H3/b10-8-,16-14-,19-18-,22-21-. The summed E-state index contributed by atoms with van der Waals surface area (Å²) >= 11 is 0. The molecule has 0 heterocycles. The fraction of sp³-hybridized carbons (Fsp3) is 0.804. The molecule has 0 rings (SSSR count). The van der Waals surface area contributed by atoms with E-state index in [1.165, 1.54) is 103 Å². The number of esters is 1. The Balaban J connectivity index is 4.07. The van der Waals surface area contributed by atoms with Crippen molar-refractivity contribution in [3.8, 4) is 0 Å². The van der Waals surface area contributed by atoms with E-state index in [1.807, 2.05) is 21.1 Å². The van der Waals surface area contributed by atoms with Gasteiger partial charge >= 0.3 is 5.97 Å². The number of nitrogens with zero attached hydrogens (tertiary/aromatic N) is 1. The van der Waals surface area contributed by atoms with Crippen LogP contribution in [-0.2, 0) is 27.9 Å². The summed E-state index contributed by atoms with van der Waals surface area (Å²) < 4.78 is 34.5. The van der Waals surface area contributed by atoms with Gasteiger partial charge in [0.2, 0.25) is 0 Å². The lowest BCUT2D eigenvalue weighted by atomic mass is 10.1. The largest absolute Gasteiger partial charge is 0.756 e. The molecule has 322 valence electrons. The van der Waals surface area contributed by atoms with Gasteiger partial charge in [-0.15, -0.1) is 0 Å². The molecular formula is C46H86NO7P. The normalized spacial score (nSPS) is 14.2. The fourth-order valence-electron chi connectivity index (χ4n) is 5.95. The van der Waals surface area contributed by atoms with Crippen molar-refractivity contribution in [2.45, 2.75) is 187 Å². The van der Waals surface area contributed by atoms with E-state index in [4.69, 9.17) is 18.5 Å². The van der Waals surface area contributed by atoms with Crippen LogP contribution in [0.3, 0.4) is 0 Å². The average molecular weight is 796 g/mol. The number of hydrogen-bond donors (Lipinski definition) is 0. The maximum absolute atomic E-state index is 12.6. The smallest absolute Gasteiger partial charge is 0.306 e. The molecule has 0 spiro atoms. The third kappa shape index (κ3) is 43.4. The number of carbonyl (C=O) groups is 1. The zero-order chi connectivity index (χ0) is 40.6. The van der Waals surface area contributed by atoms with Crippen LogP contribution in [0.2, 0.25) is 0 Å². The molecule has 2 unspecified atom stereocenters. The van der Waals surface area contributed by atoms with Crippen LogP contribution in [0.25, 0.3) is 0 Å². The van der Waals surface area contributed by atoms with Crippen molar-refractivity contribution < 1.29 is 37.3 Å². The molecule has 0 radical (unpaired) electrons. The highest BCUT2D eigenvalue weighted by Crippen LogP contribution is 2.38. The summed E-state index contributed by atoms with van der Waals surface area (Å²) in [5.74, 6) is -0.339. The van der Waals surface area contributed by atoms with Gasteiger partial charge in [0.05, 0.1) is 34.4 Å². The summed E-state index contributed by atoms with van der Waals surface area (Å²) in [4.78, 5) is 24.9. The number of rotatable bonds is 41. The molecule has 0 aromatic heterocycles. The van der Waals surface area contributed by atoms with Gasteiger partial charge in [-0.2, -0.15) is 0 Å². The van der Waals surface area contributed by atoms with Gasteiger partial charge in [-0.25, -0.2) is 0 Å². The van der Waals surface area contributed by atoms with E-state index < -0.39 is 13.9 Å². The van der Waals surface area contributed by atoms with Crippen molar-refractivity contribution >= 4 is 13.8 Å². The lowest BCUT2D eigenvalue weighted by molar-refractivity contribution is -0.870. The molecular weight excluding hydrogens is 709 g/mol. The lowest BCUT2D eigenvalue weighted by Gasteiger charge is -2.28. The van der Waals surface area contributed by atoms with E-state index in [0.717, 1.165) is 57.8 Å². The third-order valence-electron chi connectivity index (χ3n) is 9.39. The molecule has 8 nitrogen and oxygen atoms in total. The van der Waals surface area contributed by atoms with E-state index >= 15 is 0 Å². The highest BCUT2D eigenvalue weighted by Gasteiger charge is 2.20. The first-order valence-electron chi connectivity index (χ1n) is 22.4. The molecule has 0 aliphatic carbocycles. The maximum Gasteiger partial charge on any atom is 0.306 e. The topological polar surface area (TPSA) is 94.1 Å². The number of unbranched alkanes of at least 4 members (excludes halogenated alkanes) is 19. The predicted molar refractivity (Wildman–Crippen MR) is 231 cm³/mol. The van der Waals surface area contributed by atoms with Crippen LogP contribution < -0.4 is 4.89 Å². The molecule has 0 aromatic carbocycles. The highest BCUT2D eigenvalue weighted by atomic mass is 31.2. The summed E-state index contributed by atoms with van der Waals surface area (Å²) in [6.45, 7) is 5.27. The van der Waals surface area contributed by atoms with Gasteiger partial charge in [0.25, 0.3) is 7.82 Å². The van der Waals surface area contributed by atoms with Gasteiger partial charge in [0.1, 0.15) is 19.3 Å². The Morgan fingerprint density at radius 1 is 0.582 bits per heavy atom. The van der Waals surface area contributed by atoms with Crippen LogP contribution in [0.4, 0.5) is 0 Å². The van der Waals surface area contributed by atoms with Crippen LogP contribution in [0, 0.1) is 0 Å². The number of hydrogen-bond acceptors (Lipinski definition) is 7. The van der Waals surface area contributed by atoms with Gasteiger partial charge in [-0.3, -0.25) is 9.36 Å². The second kappa shape index (κ2) is 39.3. The summed E-state index contributed by atoms with van der Waals surface area (Å²) in [5, 5.41) is 0. The highest BCUT2D eigenvalue weighted by molar-refractivity contribution is 7.45. The van der Waals surface area contributed by atoms with Crippen molar-refractivity contribution in [1.82, 2.24) is 0 Å². The molecule has 0 aliphatic heterocycles. The quantitative estimate of drug-likeness (QED) is 0.0200. The first-order chi connectivity index (χ1) is 26.6. The van der Waals surface area contributed by atoms with Gasteiger partial charge in [0, 0.05) is 13.0 Å². The van der Waals surface area contributed by atoms with Gasteiger partial charge < -0.3 is 27.9 Å². The van der Waals surface area contributed by atoms with Gasteiger partial charge in [-0.1, -0.05) is 172 Å². The van der Waals surface area contributed by atoms with Crippen LogP contribution in [0.5, 0.6) is 0 Å². The van der Waals surface area contributed by atoms with Crippen molar-refractivity contribution in [3.63, 3.8) is 0 Å². The lowest BCUT2D eigenvalue weighted by Crippen LogP contribution is -2.37. The van der Waals surface area contributed by atoms with Crippen LogP contribution in [0.15, 0.2) is 48.6 Å². The van der Waals surface area contributed by atoms with Crippen molar-refractivity contribution in [1.29, 1.82) is 0 Å². The molecule has 2 atom stereocenters.